The van der Waals surface area contributed by atoms with Gasteiger partial charge in [-0.2, -0.15) is 0 Å². The molecular weight excluding hydrogens is 318 g/mol. The van der Waals surface area contributed by atoms with Crippen LogP contribution in [0.3, 0.4) is 0 Å². The van der Waals surface area contributed by atoms with E-state index in [9.17, 15) is 14.7 Å². The van der Waals surface area contributed by atoms with Crippen LogP contribution in [0.2, 0.25) is 0 Å². The van der Waals surface area contributed by atoms with Crippen molar-refractivity contribution in [2.75, 3.05) is 6.54 Å². The smallest absolute Gasteiger partial charge is 0.258 e. The van der Waals surface area contributed by atoms with Gasteiger partial charge in [0, 0.05) is 19.4 Å². The van der Waals surface area contributed by atoms with E-state index in [0.29, 0.717) is 36.0 Å². The maximum Gasteiger partial charge on any atom is 0.258 e. The first-order chi connectivity index (χ1) is 12.1. The number of para-hydroxylation sites is 1. The number of carbonyl (C=O) groups excluding carboxylic acids is 1. The number of hydrogen-bond acceptors (Lipinski definition) is 4. The standard InChI is InChI=1S/C19H25N3O3/c1-13(23)16-9-4-5-12-22(16)18(24)11-6-10-17-20-15-8-3-2-7-14(15)19(25)21-17/h2-3,7-8,13,16,23H,4-6,9-12H2,1H3,(H,20,21,25). The third-order valence-corrected chi connectivity index (χ3v) is 4.89. The van der Waals surface area contributed by atoms with E-state index in [1.54, 1.807) is 13.0 Å². The van der Waals surface area contributed by atoms with Crippen LogP contribution in [0.25, 0.3) is 10.9 Å². The molecule has 1 fully saturated rings. The number of hydrogen-bond donors (Lipinski definition) is 2. The Morgan fingerprint density at radius 2 is 2.20 bits per heavy atom. The number of benzene rings is 1. The fourth-order valence-electron chi connectivity index (χ4n) is 3.57. The summed E-state index contributed by atoms with van der Waals surface area (Å²) in [6.45, 7) is 2.47. The van der Waals surface area contributed by atoms with Crippen LogP contribution >= 0.6 is 0 Å². The molecule has 2 heterocycles. The maximum atomic E-state index is 12.5. The highest BCUT2D eigenvalue weighted by Gasteiger charge is 2.29. The van der Waals surface area contributed by atoms with E-state index in [1.165, 1.54) is 0 Å². The van der Waals surface area contributed by atoms with E-state index < -0.39 is 6.10 Å². The van der Waals surface area contributed by atoms with E-state index in [-0.39, 0.29) is 17.5 Å². The predicted octanol–water partition coefficient (Wildman–Crippen LogP) is 2.01. The van der Waals surface area contributed by atoms with Crippen molar-refractivity contribution >= 4 is 16.8 Å². The molecule has 0 aliphatic carbocycles. The highest BCUT2D eigenvalue weighted by molar-refractivity contribution is 5.77. The Bertz CT molecular complexity index is 800. The van der Waals surface area contributed by atoms with Crippen LogP contribution in [0.5, 0.6) is 0 Å². The lowest BCUT2D eigenvalue weighted by Gasteiger charge is -2.37. The number of piperidine rings is 1. The Balaban J connectivity index is 1.61. The summed E-state index contributed by atoms with van der Waals surface area (Å²) in [5.74, 6) is 0.691. The van der Waals surface area contributed by atoms with Crippen molar-refractivity contribution in [1.29, 1.82) is 0 Å². The van der Waals surface area contributed by atoms with Gasteiger partial charge < -0.3 is 15.0 Å². The molecule has 1 aliphatic heterocycles. The number of aryl methyl sites for hydroxylation is 1. The molecule has 0 saturated carbocycles. The number of likely N-dealkylation sites (tertiary alicyclic amines) is 1. The molecule has 1 aromatic heterocycles. The number of fused-ring (bicyclic) bond motifs is 1. The van der Waals surface area contributed by atoms with Crippen LogP contribution < -0.4 is 5.56 Å². The Morgan fingerprint density at radius 3 is 3.00 bits per heavy atom. The Morgan fingerprint density at radius 1 is 1.40 bits per heavy atom. The highest BCUT2D eigenvalue weighted by Crippen LogP contribution is 2.21. The van der Waals surface area contributed by atoms with Crippen molar-refractivity contribution in [3.8, 4) is 0 Å². The molecule has 2 N–H and O–H groups in total. The van der Waals surface area contributed by atoms with Gasteiger partial charge in [-0.3, -0.25) is 9.59 Å². The van der Waals surface area contributed by atoms with Gasteiger partial charge in [-0.15, -0.1) is 0 Å². The average molecular weight is 343 g/mol. The number of aliphatic hydroxyl groups excluding tert-OH is 1. The molecule has 6 nitrogen and oxygen atoms in total. The van der Waals surface area contributed by atoms with Crippen LogP contribution in [0, 0.1) is 0 Å². The number of aromatic nitrogens is 2. The molecule has 6 heteroatoms. The van der Waals surface area contributed by atoms with Crippen LogP contribution in [0.15, 0.2) is 29.1 Å². The number of nitrogens with one attached hydrogen (secondary N) is 1. The molecular formula is C19H25N3O3. The Kier molecular flexibility index (Phi) is 5.48. The first-order valence-electron chi connectivity index (χ1n) is 9.02. The van der Waals surface area contributed by atoms with Gasteiger partial charge in [-0.05, 0) is 44.7 Å². The molecule has 2 unspecified atom stereocenters. The van der Waals surface area contributed by atoms with Crippen molar-refractivity contribution in [2.45, 2.75) is 57.6 Å². The second-order valence-corrected chi connectivity index (χ2v) is 6.77. The fourth-order valence-corrected chi connectivity index (χ4v) is 3.57. The summed E-state index contributed by atoms with van der Waals surface area (Å²) in [5, 5.41) is 10.5. The fraction of sp³-hybridized carbons (Fsp3) is 0.526. The minimum Gasteiger partial charge on any atom is -0.391 e. The van der Waals surface area contributed by atoms with Crippen molar-refractivity contribution < 1.29 is 9.90 Å². The van der Waals surface area contributed by atoms with E-state index in [4.69, 9.17) is 0 Å². The van der Waals surface area contributed by atoms with Gasteiger partial charge in [-0.1, -0.05) is 12.1 Å². The number of rotatable bonds is 5. The maximum absolute atomic E-state index is 12.5. The zero-order valence-corrected chi connectivity index (χ0v) is 14.6. The van der Waals surface area contributed by atoms with Crippen molar-refractivity contribution in [1.82, 2.24) is 14.9 Å². The molecule has 1 aliphatic rings. The SMILES string of the molecule is CC(O)C1CCCCN1C(=O)CCCc1nc2ccccc2c(=O)[nH]1. The summed E-state index contributed by atoms with van der Waals surface area (Å²) < 4.78 is 0. The summed E-state index contributed by atoms with van der Waals surface area (Å²) >= 11 is 0. The molecule has 1 saturated heterocycles. The van der Waals surface area contributed by atoms with Crippen LogP contribution in [0.1, 0.15) is 44.9 Å². The third kappa shape index (κ3) is 4.07. The first-order valence-corrected chi connectivity index (χ1v) is 9.02. The second kappa shape index (κ2) is 7.78. The van der Waals surface area contributed by atoms with Gasteiger partial charge in [0.05, 0.1) is 23.0 Å². The van der Waals surface area contributed by atoms with E-state index in [2.05, 4.69) is 9.97 Å². The molecule has 1 aromatic carbocycles. The molecule has 0 radical (unpaired) electrons. The lowest BCUT2D eigenvalue weighted by molar-refractivity contribution is -0.137. The van der Waals surface area contributed by atoms with Gasteiger partial charge in [0.1, 0.15) is 5.82 Å². The van der Waals surface area contributed by atoms with Gasteiger partial charge in [0.2, 0.25) is 5.91 Å². The minimum absolute atomic E-state index is 0.0696. The van der Waals surface area contributed by atoms with Gasteiger partial charge in [-0.25, -0.2) is 4.98 Å². The first kappa shape index (κ1) is 17.6. The molecule has 134 valence electrons. The van der Waals surface area contributed by atoms with E-state index in [0.717, 1.165) is 25.8 Å². The molecule has 25 heavy (non-hydrogen) atoms. The van der Waals surface area contributed by atoms with Crippen LogP contribution in [-0.4, -0.2) is 44.6 Å². The number of amides is 1. The number of carbonyl (C=O) groups is 1. The minimum atomic E-state index is -0.497. The van der Waals surface area contributed by atoms with E-state index >= 15 is 0 Å². The number of H-pyrrole nitrogens is 1. The van der Waals surface area contributed by atoms with Crippen molar-refractivity contribution in [3.05, 3.63) is 40.4 Å². The molecule has 2 atom stereocenters. The summed E-state index contributed by atoms with van der Waals surface area (Å²) in [5.41, 5.74) is 0.537. The molecule has 3 rings (SSSR count). The summed E-state index contributed by atoms with van der Waals surface area (Å²) in [7, 11) is 0. The summed E-state index contributed by atoms with van der Waals surface area (Å²) in [4.78, 5) is 33.7. The van der Waals surface area contributed by atoms with Gasteiger partial charge in [0.15, 0.2) is 0 Å². The number of nitrogens with zero attached hydrogens (tertiary/aromatic N) is 2. The zero-order valence-electron chi connectivity index (χ0n) is 14.6. The highest BCUT2D eigenvalue weighted by atomic mass is 16.3. The number of aromatic amines is 1. The summed E-state index contributed by atoms with van der Waals surface area (Å²) in [6, 6.07) is 7.17. The quantitative estimate of drug-likeness (QED) is 0.869. The number of aliphatic hydroxyl groups is 1. The topological polar surface area (TPSA) is 86.3 Å². The molecule has 0 spiro atoms. The van der Waals surface area contributed by atoms with Crippen molar-refractivity contribution in [2.24, 2.45) is 0 Å². The largest absolute Gasteiger partial charge is 0.391 e. The monoisotopic (exact) mass is 343 g/mol. The molecule has 1 amide bonds. The Hall–Kier alpha value is -2.21. The van der Waals surface area contributed by atoms with Gasteiger partial charge in [0.25, 0.3) is 5.56 Å². The van der Waals surface area contributed by atoms with Crippen LogP contribution in [-0.2, 0) is 11.2 Å². The second-order valence-electron chi connectivity index (χ2n) is 6.77. The lowest BCUT2D eigenvalue weighted by atomic mass is 9.97. The normalized spacial score (nSPS) is 19.1. The molecule has 0 bridgehead atoms. The molecule has 2 aromatic rings. The van der Waals surface area contributed by atoms with Crippen LogP contribution in [0.4, 0.5) is 0 Å². The van der Waals surface area contributed by atoms with Crippen molar-refractivity contribution in [3.63, 3.8) is 0 Å². The lowest BCUT2D eigenvalue weighted by Crippen LogP contribution is -2.48. The van der Waals surface area contributed by atoms with Gasteiger partial charge >= 0.3 is 0 Å². The van der Waals surface area contributed by atoms with E-state index in [1.807, 2.05) is 23.1 Å². The average Bonchev–Trinajstić information content (AvgIpc) is 2.61. The third-order valence-electron chi connectivity index (χ3n) is 4.89. The Labute approximate surface area is 146 Å². The predicted molar refractivity (Wildman–Crippen MR) is 96.3 cm³/mol. The zero-order chi connectivity index (χ0) is 17.8. The summed E-state index contributed by atoms with van der Waals surface area (Å²) in [6.07, 6.45) is 4.00.